The lowest BCUT2D eigenvalue weighted by Gasteiger charge is -2.40. The molecule has 1 fully saturated rings. The van der Waals surface area contributed by atoms with Gasteiger partial charge in [-0.1, -0.05) is 19.3 Å². The van der Waals surface area contributed by atoms with E-state index in [1.54, 1.807) is 0 Å². The molecular weight excluding hydrogens is 291 g/mol. The van der Waals surface area contributed by atoms with E-state index >= 15 is 0 Å². The molecule has 1 atom stereocenters. The van der Waals surface area contributed by atoms with Gasteiger partial charge in [-0.15, -0.1) is 11.3 Å². The molecule has 7 heteroatoms. The van der Waals surface area contributed by atoms with Gasteiger partial charge in [0.15, 0.2) is 5.01 Å². The van der Waals surface area contributed by atoms with Gasteiger partial charge in [0.2, 0.25) is 0 Å². The summed E-state index contributed by atoms with van der Waals surface area (Å²) >= 11 is 0.500. The number of thiazole rings is 1. The second-order valence-electron chi connectivity index (χ2n) is 5.03. The predicted molar refractivity (Wildman–Crippen MR) is 69.5 cm³/mol. The van der Waals surface area contributed by atoms with E-state index in [9.17, 15) is 18.3 Å². The summed E-state index contributed by atoms with van der Waals surface area (Å²) in [5.74, 6) is 0. The highest BCUT2D eigenvalue weighted by atomic mass is 32.1. The van der Waals surface area contributed by atoms with Crippen LogP contribution < -0.4 is 0 Å². The van der Waals surface area contributed by atoms with Crippen LogP contribution in [0.3, 0.4) is 0 Å². The summed E-state index contributed by atoms with van der Waals surface area (Å²) in [6.45, 7) is 2.26. The molecule has 1 N–H and O–H groups in total. The van der Waals surface area contributed by atoms with Gasteiger partial charge < -0.3 is 9.84 Å². The number of aromatic nitrogens is 1. The Morgan fingerprint density at radius 3 is 2.55 bits per heavy atom. The average molecular weight is 309 g/mol. The number of nitrogens with zero attached hydrogens (tertiary/aromatic N) is 1. The first kappa shape index (κ1) is 15.7. The standard InChI is InChI=1S/C13H18F3NO2S/c1-2-19-12(6-4-3-5-7-12)10(18)9-8-17-11(20-9)13(14,15)16/h8,10,18H,2-7H2,1H3. The van der Waals surface area contributed by atoms with E-state index in [4.69, 9.17) is 4.74 Å². The predicted octanol–water partition coefficient (Wildman–Crippen LogP) is 3.93. The molecule has 0 spiro atoms. The van der Waals surface area contributed by atoms with Crippen molar-refractivity contribution in [3.63, 3.8) is 0 Å². The molecule has 3 nitrogen and oxygen atoms in total. The van der Waals surface area contributed by atoms with Crippen molar-refractivity contribution in [2.24, 2.45) is 0 Å². The van der Waals surface area contributed by atoms with Crippen molar-refractivity contribution in [2.75, 3.05) is 6.61 Å². The smallest absolute Gasteiger partial charge is 0.384 e. The van der Waals surface area contributed by atoms with Crippen LogP contribution in [0, 0.1) is 0 Å². The van der Waals surface area contributed by atoms with Crippen LogP contribution in [0.4, 0.5) is 13.2 Å². The normalized spacial score (nSPS) is 20.9. The number of halogens is 3. The average Bonchev–Trinajstić information content (AvgIpc) is 2.88. The zero-order valence-electron chi connectivity index (χ0n) is 11.2. The summed E-state index contributed by atoms with van der Waals surface area (Å²) < 4.78 is 43.5. The van der Waals surface area contributed by atoms with Crippen LogP contribution in [0.1, 0.15) is 55.0 Å². The lowest BCUT2D eigenvalue weighted by molar-refractivity contribution is -0.140. The number of ether oxygens (including phenoxy) is 1. The zero-order chi connectivity index (χ0) is 14.8. The summed E-state index contributed by atoms with van der Waals surface area (Å²) in [6.07, 6.45) is -0.150. The maximum atomic E-state index is 12.6. The van der Waals surface area contributed by atoms with Gasteiger partial charge in [0.25, 0.3) is 0 Å². The van der Waals surface area contributed by atoms with Crippen LogP contribution in [-0.2, 0) is 10.9 Å². The Labute approximate surface area is 119 Å². The maximum absolute atomic E-state index is 12.6. The SMILES string of the molecule is CCOC1(C(O)c2cnc(C(F)(F)F)s2)CCCCC1. The first-order valence-corrected chi connectivity index (χ1v) is 7.55. The number of aliphatic hydroxyl groups excluding tert-OH is 1. The summed E-state index contributed by atoms with van der Waals surface area (Å²) in [4.78, 5) is 3.60. The quantitative estimate of drug-likeness (QED) is 0.916. The molecule has 1 saturated carbocycles. The Kier molecular flexibility index (Phi) is 4.71. The third kappa shape index (κ3) is 3.15. The van der Waals surface area contributed by atoms with Gasteiger partial charge in [0, 0.05) is 12.8 Å². The van der Waals surface area contributed by atoms with Crippen LogP contribution in [0.25, 0.3) is 0 Å². The monoisotopic (exact) mass is 309 g/mol. The van der Waals surface area contributed by atoms with Crippen molar-refractivity contribution in [1.82, 2.24) is 4.98 Å². The molecule has 0 bridgehead atoms. The highest BCUT2D eigenvalue weighted by Crippen LogP contribution is 2.44. The van der Waals surface area contributed by atoms with E-state index in [-0.39, 0.29) is 4.88 Å². The second-order valence-corrected chi connectivity index (χ2v) is 6.09. The van der Waals surface area contributed by atoms with E-state index in [2.05, 4.69) is 4.98 Å². The number of hydrogen-bond acceptors (Lipinski definition) is 4. The first-order valence-electron chi connectivity index (χ1n) is 6.74. The van der Waals surface area contributed by atoms with E-state index in [1.165, 1.54) is 0 Å². The van der Waals surface area contributed by atoms with Crippen LogP contribution in [-0.4, -0.2) is 22.3 Å². The van der Waals surface area contributed by atoms with Crippen LogP contribution in [0.2, 0.25) is 0 Å². The molecule has 20 heavy (non-hydrogen) atoms. The fraction of sp³-hybridized carbons (Fsp3) is 0.769. The fourth-order valence-corrected chi connectivity index (χ4v) is 3.61. The molecule has 0 saturated heterocycles. The Hall–Kier alpha value is -0.660. The zero-order valence-corrected chi connectivity index (χ0v) is 12.1. The fourth-order valence-electron chi connectivity index (χ4n) is 2.74. The van der Waals surface area contributed by atoms with Crippen molar-refractivity contribution in [2.45, 2.75) is 56.9 Å². The van der Waals surface area contributed by atoms with Crippen LogP contribution in [0.15, 0.2) is 6.20 Å². The summed E-state index contributed by atoms with van der Waals surface area (Å²) in [5, 5.41) is 9.56. The van der Waals surface area contributed by atoms with Gasteiger partial charge in [0.05, 0.1) is 10.5 Å². The number of alkyl halides is 3. The van der Waals surface area contributed by atoms with E-state index < -0.39 is 22.9 Å². The van der Waals surface area contributed by atoms with Crippen LogP contribution >= 0.6 is 11.3 Å². The molecule has 114 valence electrons. The number of hydrogen-bond donors (Lipinski definition) is 1. The highest BCUT2D eigenvalue weighted by Gasteiger charge is 2.43. The van der Waals surface area contributed by atoms with Crippen molar-refractivity contribution in [1.29, 1.82) is 0 Å². The molecule has 1 aromatic rings. The Bertz CT molecular complexity index is 436. The third-order valence-corrected chi connectivity index (χ3v) is 4.76. The molecule has 0 amide bonds. The van der Waals surface area contributed by atoms with Gasteiger partial charge in [0.1, 0.15) is 6.10 Å². The molecule has 1 aromatic heterocycles. The summed E-state index contributed by atoms with van der Waals surface area (Å²) in [7, 11) is 0. The maximum Gasteiger partial charge on any atom is 0.443 e. The topological polar surface area (TPSA) is 42.4 Å². The molecule has 1 unspecified atom stereocenters. The van der Waals surface area contributed by atoms with Crippen molar-refractivity contribution in [3.05, 3.63) is 16.1 Å². The lowest BCUT2D eigenvalue weighted by atomic mass is 9.80. The summed E-state index contributed by atoms with van der Waals surface area (Å²) in [6, 6.07) is 0. The molecule has 0 radical (unpaired) electrons. The number of rotatable bonds is 4. The van der Waals surface area contributed by atoms with Gasteiger partial charge >= 0.3 is 6.18 Å². The third-order valence-electron chi connectivity index (χ3n) is 3.67. The van der Waals surface area contributed by atoms with Crippen molar-refractivity contribution >= 4 is 11.3 Å². The van der Waals surface area contributed by atoms with Crippen molar-refractivity contribution in [3.8, 4) is 0 Å². The first-order chi connectivity index (χ1) is 9.39. The molecule has 1 heterocycles. The lowest BCUT2D eigenvalue weighted by Crippen LogP contribution is -2.41. The Morgan fingerprint density at radius 1 is 1.40 bits per heavy atom. The van der Waals surface area contributed by atoms with Gasteiger partial charge in [-0.2, -0.15) is 13.2 Å². The Balaban J connectivity index is 2.23. The van der Waals surface area contributed by atoms with Gasteiger partial charge in [-0.25, -0.2) is 4.98 Å². The minimum absolute atomic E-state index is 0.229. The molecule has 0 aromatic carbocycles. The summed E-state index contributed by atoms with van der Waals surface area (Å²) in [5.41, 5.74) is -0.762. The molecule has 2 rings (SSSR count). The minimum atomic E-state index is -4.46. The van der Waals surface area contributed by atoms with E-state index in [1.807, 2.05) is 6.92 Å². The second kappa shape index (κ2) is 5.99. The Morgan fingerprint density at radius 2 is 2.05 bits per heavy atom. The van der Waals surface area contributed by atoms with E-state index in [0.29, 0.717) is 30.8 Å². The van der Waals surface area contributed by atoms with E-state index in [0.717, 1.165) is 25.5 Å². The number of aliphatic hydroxyl groups is 1. The molecule has 0 aliphatic heterocycles. The largest absolute Gasteiger partial charge is 0.443 e. The molecular formula is C13H18F3NO2S. The molecule has 1 aliphatic rings. The van der Waals surface area contributed by atoms with Crippen LogP contribution in [0.5, 0.6) is 0 Å². The molecule has 1 aliphatic carbocycles. The van der Waals surface area contributed by atoms with Crippen molar-refractivity contribution < 1.29 is 23.0 Å². The van der Waals surface area contributed by atoms with Gasteiger partial charge in [-0.3, -0.25) is 0 Å². The minimum Gasteiger partial charge on any atom is -0.384 e. The van der Waals surface area contributed by atoms with Gasteiger partial charge in [-0.05, 0) is 19.8 Å². The highest BCUT2D eigenvalue weighted by molar-refractivity contribution is 7.11.